The predicted octanol–water partition coefficient (Wildman–Crippen LogP) is 2.22. The number of amides is 1. The van der Waals surface area contributed by atoms with Gasteiger partial charge in [-0.3, -0.25) is 14.5 Å². The van der Waals surface area contributed by atoms with Gasteiger partial charge in [-0.2, -0.15) is 0 Å². The molecule has 23 heavy (non-hydrogen) atoms. The molecule has 2 rings (SSSR count). The van der Waals surface area contributed by atoms with Gasteiger partial charge in [0.25, 0.3) is 0 Å². The van der Waals surface area contributed by atoms with Crippen molar-refractivity contribution < 1.29 is 14.7 Å². The van der Waals surface area contributed by atoms with Gasteiger partial charge in [0.05, 0.1) is 12.0 Å². The third kappa shape index (κ3) is 4.79. The number of aliphatic carboxylic acids is 1. The lowest BCUT2D eigenvalue weighted by Gasteiger charge is -2.37. The second-order valence-corrected chi connectivity index (χ2v) is 6.43. The van der Waals surface area contributed by atoms with Gasteiger partial charge >= 0.3 is 5.97 Å². The van der Waals surface area contributed by atoms with E-state index in [9.17, 15) is 9.59 Å². The van der Waals surface area contributed by atoms with Crippen LogP contribution in [0.15, 0.2) is 30.3 Å². The molecule has 2 unspecified atom stereocenters. The maximum Gasteiger partial charge on any atom is 0.308 e. The van der Waals surface area contributed by atoms with Crippen LogP contribution in [0.5, 0.6) is 0 Å². The third-order valence-electron chi connectivity index (χ3n) is 4.47. The fraction of sp³-hybridized carbons (Fsp3) is 0.556. The van der Waals surface area contributed by atoms with Crippen LogP contribution in [-0.2, 0) is 16.1 Å². The normalized spacial score (nSPS) is 20.0. The average molecular weight is 318 g/mol. The van der Waals surface area contributed by atoms with Gasteiger partial charge in [-0.05, 0) is 24.9 Å². The van der Waals surface area contributed by atoms with Gasteiger partial charge in [-0.1, -0.05) is 43.7 Å². The van der Waals surface area contributed by atoms with Crippen molar-refractivity contribution in [2.45, 2.75) is 38.8 Å². The molecular weight excluding hydrogens is 292 g/mol. The molecule has 0 radical (unpaired) electrons. The number of likely N-dealkylation sites (tertiary alicyclic amines) is 1. The van der Waals surface area contributed by atoms with Gasteiger partial charge in [-0.15, -0.1) is 0 Å². The molecule has 1 fully saturated rings. The first kappa shape index (κ1) is 17.5. The van der Waals surface area contributed by atoms with Crippen LogP contribution in [0.1, 0.15) is 31.7 Å². The lowest BCUT2D eigenvalue weighted by Crippen LogP contribution is -2.50. The van der Waals surface area contributed by atoms with Crippen molar-refractivity contribution in [1.82, 2.24) is 9.80 Å². The van der Waals surface area contributed by atoms with Crippen LogP contribution in [0.4, 0.5) is 0 Å². The summed E-state index contributed by atoms with van der Waals surface area (Å²) in [6, 6.07) is 10.0. The molecule has 1 saturated heterocycles. The zero-order chi connectivity index (χ0) is 16.8. The topological polar surface area (TPSA) is 60.9 Å². The number of carbonyl (C=O) groups excluding carboxylic acids is 1. The van der Waals surface area contributed by atoms with E-state index >= 15 is 0 Å². The van der Waals surface area contributed by atoms with Crippen LogP contribution in [0.3, 0.4) is 0 Å². The molecule has 5 heteroatoms. The van der Waals surface area contributed by atoms with Gasteiger partial charge < -0.3 is 10.0 Å². The second kappa shape index (κ2) is 8.11. The zero-order valence-corrected chi connectivity index (χ0v) is 13.9. The molecule has 126 valence electrons. The molecule has 1 N–H and O–H groups in total. The van der Waals surface area contributed by atoms with Gasteiger partial charge in [-0.25, -0.2) is 0 Å². The van der Waals surface area contributed by atoms with Crippen molar-refractivity contribution in [3.63, 3.8) is 0 Å². The van der Waals surface area contributed by atoms with E-state index in [0.717, 1.165) is 32.4 Å². The highest BCUT2D eigenvalue weighted by Crippen LogP contribution is 2.21. The number of rotatable bonds is 6. The van der Waals surface area contributed by atoms with Crippen molar-refractivity contribution in [3.8, 4) is 0 Å². The van der Waals surface area contributed by atoms with Crippen LogP contribution in [0, 0.1) is 5.92 Å². The van der Waals surface area contributed by atoms with Gasteiger partial charge in [0, 0.05) is 20.1 Å². The van der Waals surface area contributed by atoms with E-state index in [1.165, 1.54) is 5.56 Å². The zero-order valence-electron chi connectivity index (χ0n) is 13.9. The first-order valence-corrected chi connectivity index (χ1v) is 8.24. The van der Waals surface area contributed by atoms with Crippen molar-refractivity contribution in [2.75, 3.05) is 20.1 Å². The number of hydrogen-bond acceptors (Lipinski definition) is 3. The van der Waals surface area contributed by atoms with Gasteiger partial charge in [0.2, 0.25) is 5.91 Å². The summed E-state index contributed by atoms with van der Waals surface area (Å²) in [6.45, 7) is 3.56. The predicted molar refractivity (Wildman–Crippen MR) is 88.9 cm³/mol. The molecular formula is C18H26N2O3. The van der Waals surface area contributed by atoms with E-state index in [1.807, 2.05) is 18.2 Å². The maximum absolute atomic E-state index is 12.7. The van der Waals surface area contributed by atoms with Crippen molar-refractivity contribution in [3.05, 3.63) is 35.9 Å². The van der Waals surface area contributed by atoms with Crippen LogP contribution in [-0.4, -0.2) is 53.0 Å². The van der Waals surface area contributed by atoms with E-state index in [2.05, 4.69) is 17.0 Å². The van der Waals surface area contributed by atoms with E-state index < -0.39 is 11.9 Å². The number of likely N-dealkylation sites (N-methyl/N-ethyl adjacent to an activating group) is 1. The molecule has 1 aromatic rings. The molecule has 1 aromatic carbocycles. The lowest BCUT2D eigenvalue weighted by molar-refractivity contribution is -0.144. The number of carboxylic acids is 1. The Labute approximate surface area is 137 Å². The summed E-state index contributed by atoms with van der Waals surface area (Å²) >= 11 is 0. The Morgan fingerprint density at radius 2 is 2.00 bits per heavy atom. The van der Waals surface area contributed by atoms with E-state index in [4.69, 9.17) is 5.11 Å². The molecule has 0 spiro atoms. The molecule has 2 atom stereocenters. The Hall–Kier alpha value is -1.88. The molecule has 0 aliphatic carbocycles. The molecule has 0 saturated carbocycles. The van der Waals surface area contributed by atoms with Crippen molar-refractivity contribution in [2.24, 2.45) is 5.92 Å². The summed E-state index contributed by atoms with van der Waals surface area (Å²) < 4.78 is 0. The Morgan fingerprint density at radius 1 is 1.30 bits per heavy atom. The number of benzene rings is 1. The molecule has 1 heterocycles. The largest absolute Gasteiger partial charge is 0.481 e. The molecule has 5 nitrogen and oxygen atoms in total. The molecule has 0 bridgehead atoms. The molecule has 1 amide bonds. The third-order valence-corrected chi connectivity index (χ3v) is 4.47. The summed E-state index contributed by atoms with van der Waals surface area (Å²) in [4.78, 5) is 27.5. The van der Waals surface area contributed by atoms with Gasteiger partial charge in [0.15, 0.2) is 0 Å². The average Bonchev–Trinajstić information content (AvgIpc) is 2.55. The first-order valence-electron chi connectivity index (χ1n) is 8.24. The monoisotopic (exact) mass is 318 g/mol. The fourth-order valence-electron chi connectivity index (χ4n) is 3.11. The summed E-state index contributed by atoms with van der Waals surface area (Å²) in [7, 11) is 1.71. The van der Waals surface area contributed by atoms with E-state index in [-0.39, 0.29) is 18.5 Å². The summed E-state index contributed by atoms with van der Waals surface area (Å²) in [6.07, 6.45) is 2.99. The Bertz CT molecular complexity index is 532. The van der Waals surface area contributed by atoms with Crippen LogP contribution >= 0.6 is 0 Å². The second-order valence-electron chi connectivity index (χ2n) is 6.43. The number of nitrogens with zero attached hydrogens (tertiary/aromatic N) is 2. The standard InChI is InChI=1S/C18H26N2O3/c1-14(18(22)23)12-19(2)17(21)16-10-6-7-11-20(16)13-15-8-4-3-5-9-15/h3-5,8-9,14,16H,6-7,10-13H2,1-2H3,(H,22,23). The number of carbonyl (C=O) groups is 2. The first-order chi connectivity index (χ1) is 11.0. The molecule has 0 aromatic heterocycles. The minimum atomic E-state index is -0.866. The summed E-state index contributed by atoms with van der Waals surface area (Å²) in [5.41, 5.74) is 1.20. The van der Waals surface area contributed by atoms with Crippen LogP contribution < -0.4 is 0 Å². The Balaban J connectivity index is 2.02. The minimum absolute atomic E-state index is 0.0359. The SMILES string of the molecule is CC(CN(C)C(=O)C1CCCCN1Cc1ccccc1)C(=O)O. The van der Waals surface area contributed by atoms with E-state index in [0.29, 0.717) is 0 Å². The summed E-state index contributed by atoms with van der Waals surface area (Å²) in [5, 5.41) is 9.02. The summed E-state index contributed by atoms with van der Waals surface area (Å²) in [5.74, 6) is -1.38. The maximum atomic E-state index is 12.7. The quantitative estimate of drug-likeness (QED) is 0.874. The lowest BCUT2D eigenvalue weighted by atomic mass is 9.99. The molecule has 1 aliphatic rings. The Morgan fingerprint density at radius 3 is 2.65 bits per heavy atom. The highest BCUT2D eigenvalue weighted by atomic mass is 16.4. The van der Waals surface area contributed by atoms with Crippen LogP contribution in [0.25, 0.3) is 0 Å². The fourth-order valence-corrected chi connectivity index (χ4v) is 3.11. The van der Waals surface area contributed by atoms with E-state index in [1.54, 1.807) is 18.9 Å². The highest BCUT2D eigenvalue weighted by Gasteiger charge is 2.31. The number of piperidine rings is 1. The minimum Gasteiger partial charge on any atom is -0.481 e. The smallest absolute Gasteiger partial charge is 0.308 e. The van der Waals surface area contributed by atoms with Crippen molar-refractivity contribution >= 4 is 11.9 Å². The Kier molecular flexibility index (Phi) is 6.16. The number of carboxylic acid groups (broad SMARTS) is 1. The molecule has 1 aliphatic heterocycles. The number of hydrogen-bond donors (Lipinski definition) is 1. The van der Waals surface area contributed by atoms with Gasteiger partial charge in [0.1, 0.15) is 0 Å². The highest BCUT2D eigenvalue weighted by molar-refractivity contribution is 5.82. The van der Waals surface area contributed by atoms with Crippen molar-refractivity contribution in [1.29, 1.82) is 0 Å². The van der Waals surface area contributed by atoms with Crippen LogP contribution in [0.2, 0.25) is 0 Å².